The lowest BCUT2D eigenvalue weighted by Gasteiger charge is -2.27. The van der Waals surface area contributed by atoms with Crippen LogP contribution in [0.4, 0.5) is 11.5 Å². The van der Waals surface area contributed by atoms with Crippen LogP contribution in [0.25, 0.3) is 10.8 Å². The van der Waals surface area contributed by atoms with Crippen molar-refractivity contribution in [3.05, 3.63) is 66.4 Å². The second kappa shape index (κ2) is 6.91. The van der Waals surface area contributed by atoms with Crippen molar-refractivity contribution in [2.45, 2.75) is 0 Å². The van der Waals surface area contributed by atoms with Crippen molar-refractivity contribution in [1.29, 1.82) is 0 Å². The highest BCUT2D eigenvalue weighted by atomic mass is 16.5. The summed E-state index contributed by atoms with van der Waals surface area (Å²) in [5, 5.41) is 5.08. The van der Waals surface area contributed by atoms with E-state index in [0.29, 0.717) is 11.3 Å². The van der Waals surface area contributed by atoms with Gasteiger partial charge in [0.15, 0.2) is 0 Å². The molecule has 1 amide bonds. The number of amides is 1. The summed E-state index contributed by atoms with van der Waals surface area (Å²) in [6.45, 7) is 3.13. The summed E-state index contributed by atoms with van der Waals surface area (Å²) < 4.78 is 5.35. The van der Waals surface area contributed by atoms with Crippen LogP contribution in [0.2, 0.25) is 0 Å². The van der Waals surface area contributed by atoms with Gasteiger partial charge < -0.3 is 15.0 Å². The molecule has 4 rings (SSSR count). The molecular formula is C20H19N3O2. The third kappa shape index (κ3) is 3.46. The monoisotopic (exact) mass is 333 g/mol. The van der Waals surface area contributed by atoms with Crippen LogP contribution in [0.3, 0.4) is 0 Å². The molecule has 0 spiro atoms. The van der Waals surface area contributed by atoms with Crippen LogP contribution in [0, 0.1) is 0 Å². The zero-order valence-corrected chi connectivity index (χ0v) is 13.8. The van der Waals surface area contributed by atoms with Crippen LogP contribution in [0.15, 0.2) is 60.8 Å². The number of nitrogens with one attached hydrogen (secondary N) is 1. The van der Waals surface area contributed by atoms with Crippen molar-refractivity contribution in [1.82, 2.24) is 4.98 Å². The van der Waals surface area contributed by atoms with Crippen molar-refractivity contribution < 1.29 is 9.53 Å². The van der Waals surface area contributed by atoms with E-state index in [1.165, 1.54) is 0 Å². The highest BCUT2D eigenvalue weighted by molar-refractivity contribution is 6.06. The first kappa shape index (κ1) is 15.6. The number of carbonyl (C=O) groups excluding carboxylic acids is 1. The molecule has 1 aliphatic heterocycles. The molecule has 0 aliphatic carbocycles. The molecule has 0 bridgehead atoms. The Bertz CT molecular complexity index is 887. The Balaban J connectivity index is 1.47. The first-order valence-corrected chi connectivity index (χ1v) is 8.38. The largest absolute Gasteiger partial charge is 0.378 e. The number of benzene rings is 2. The Labute approximate surface area is 146 Å². The van der Waals surface area contributed by atoms with E-state index in [9.17, 15) is 4.79 Å². The van der Waals surface area contributed by atoms with Crippen LogP contribution in [0.5, 0.6) is 0 Å². The fourth-order valence-corrected chi connectivity index (χ4v) is 2.97. The number of nitrogens with zero attached hydrogens (tertiary/aromatic N) is 2. The Hall–Kier alpha value is -2.92. The van der Waals surface area contributed by atoms with Gasteiger partial charge in [0.25, 0.3) is 5.91 Å². The summed E-state index contributed by atoms with van der Waals surface area (Å²) in [4.78, 5) is 19.1. The van der Waals surface area contributed by atoms with E-state index in [4.69, 9.17) is 4.74 Å². The maximum absolute atomic E-state index is 12.5. The Kier molecular flexibility index (Phi) is 4.31. The van der Waals surface area contributed by atoms with Gasteiger partial charge in [-0.25, -0.2) is 4.98 Å². The minimum atomic E-state index is -0.133. The normalized spacial score (nSPS) is 14.5. The molecule has 25 heavy (non-hydrogen) atoms. The van der Waals surface area contributed by atoms with Gasteiger partial charge in [-0.15, -0.1) is 0 Å². The van der Waals surface area contributed by atoms with Crippen LogP contribution in [0.1, 0.15) is 10.4 Å². The Morgan fingerprint density at radius 1 is 1.00 bits per heavy atom. The first-order chi connectivity index (χ1) is 12.3. The number of hydrogen-bond donors (Lipinski definition) is 1. The van der Waals surface area contributed by atoms with E-state index in [2.05, 4.69) is 15.2 Å². The van der Waals surface area contributed by atoms with Gasteiger partial charge in [0.2, 0.25) is 0 Å². The lowest BCUT2D eigenvalue weighted by molar-refractivity contribution is 0.102. The number of aromatic nitrogens is 1. The molecule has 1 aliphatic rings. The highest BCUT2D eigenvalue weighted by Crippen LogP contribution is 2.18. The number of fused-ring (bicyclic) bond motifs is 1. The van der Waals surface area contributed by atoms with Gasteiger partial charge in [0, 0.05) is 18.7 Å². The predicted octanol–water partition coefficient (Wildman–Crippen LogP) is 3.32. The summed E-state index contributed by atoms with van der Waals surface area (Å²) in [6.07, 6.45) is 1.70. The molecule has 2 aromatic carbocycles. The van der Waals surface area contributed by atoms with Crippen molar-refractivity contribution in [3.8, 4) is 0 Å². The maximum Gasteiger partial charge on any atom is 0.255 e. The molecule has 0 unspecified atom stereocenters. The minimum Gasteiger partial charge on any atom is -0.378 e. The third-order valence-electron chi connectivity index (χ3n) is 4.35. The molecule has 0 radical (unpaired) electrons. The average molecular weight is 333 g/mol. The third-order valence-corrected chi connectivity index (χ3v) is 4.35. The van der Waals surface area contributed by atoms with Crippen molar-refractivity contribution in [2.75, 3.05) is 36.5 Å². The van der Waals surface area contributed by atoms with E-state index in [-0.39, 0.29) is 5.91 Å². The molecule has 1 aromatic heterocycles. The van der Waals surface area contributed by atoms with Crippen molar-refractivity contribution in [3.63, 3.8) is 0 Å². The van der Waals surface area contributed by atoms with Gasteiger partial charge in [-0.2, -0.15) is 0 Å². The van der Waals surface area contributed by atoms with Gasteiger partial charge in [-0.05, 0) is 35.0 Å². The second-order valence-electron chi connectivity index (χ2n) is 6.02. The number of hydrogen-bond acceptors (Lipinski definition) is 4. The Morgan fingerprint density at radius 3 is 2.56 bits per heavy atom. The highest BCUT2D eigenvalue weighted by Gasteiger charge is 2.13. The van der Waals surface area contributed by atoms with E-state index < -0.39 is 0 Å². The molecule has 126 valence electrons. The fourth-order valence-electron chi connectivity index (χ4n) is 2.97. The minimum absolute atomic E-state index is 0.133. The van der Waals surface area contributed by atoms with Crippen molar-refractivity contribution in [2.24, 2.45) is 0 Å². The molecule has 1 fully saturated rings. The molecular weight excluding hydrogens is 314 g/mol. The number of anilines is 2. The van der Waals surface area contributed by atoms with E-state index >= 15 is 0 Å². The zero-order valence-electron chi connectivity index (χ0n) is 13.8. The van der Waals surface area contributed by atoms with E-state index in [1.54, 1.807) is 6.20 Å². The standard InChI is InChI=1S/C20H19N3O2/c24-20(17-6-5-15-3-1-2-4-16(15)13-17)22-18-7-8-19(21-14-18)23-9-11-25-12-10-23/h1-8,13-14H,9-12H2,(H,22,24). The van der Waals surface area contributed by atoms with Crippen LogP contribution in [-0.2, 0) is 4.74 Å². The summed E-state index contributed by atoms with van der Waals surface area (Å²) >= 11 is 0. The molecule has 1 N–H and O–H groups in total. The van der Waals surface area contributed by atoms with Gasteiger partial charge in [-0.1, -0.05) is 30.3 Å². The van der Waals surface area contributed by atoms with E-state index in [0.717, 1.165) is 42.9 Å². The van der Waals surface area contributed by atoms with Crippen LogP contribution >= 0.6 is 0 Å². The Morgan fingerprint density at radius 2 is 1.80 bits per heavy atom. The second-order valence-corrected chi connectivity index (χ2v) is 6.02. The summed E-state index contributed by atoms with van der Waals surface area (Å²) in [5.41, 5.74) is 1.33. The lowest BCUT2D eigenvalue weighted by atomic mass is 10.1. The number of carbonyl (C=O) groups is 1. The SMILES string of the molecule is O=C(Nc1ccc(N2CCOCC2)nc1)c1ccc2ccccc2c1. The predicted molar refractivity (Wildman–Crippen MR) is 99.2 cm³/mol. The number of morpholine rings is 1. The number of pyridine rings is 1. The molecule has 3 aromatic rings. The first-order valence-electron chi connectivity index (χ1n) is 8.38. The molecule has 5 heteroatoms. The van der Waals surface area contributed by atoms with Gasteiger partial charge in [0.1, 0.15) is 5.82 Å². The number of ether oxygens (including phenoxy) is 1. The maximum atomic E-state index is 12.5. The topological polar surface area (TPSA) is 54.5 Å². The molecule has 0 saturated carbocycles. The van der Waals surface area contributed by atoms with E-state index in [1.807, 2.05) is 54.6 Å². The van der Waals surface area contributed by atoms with Gasteiger partial charge >= 0.3 is 0 Å². The molecule has 0 atom stereocenters. The zero-order chi connectivity index (χ0) is 17.1. The van der Waals surface area contributed by atoms with Crippen LogP contribution < -0.4 is 10.2 Å². The average Bonchev–Trinajstić information content (AvgIpc) is 2.69. The molecule has 5 nitrogen and oxygen atoms in total. The number of rotatable bonds is 3. The van der Waals surface area contributed by atoms with Crippen LogP contribution in [-0.4, -0.2) is 37.2 Å². The smallest absolute Gasteiger partial charge is 0.255 e. The summed E-state index contributed by atoms with van der Waals surface area (Å²) in [6, 6.07) is 17.5. The van der Waals surface area contributed by atoms with Gasteiger partial charge in [0.05, 0.1) is 25.1 Å². The molecule has 2 heterocycles. The van der Waals surface area contributed by atoms with Gasteiger partial charge in [-0.3, -0.25) is 4.79 Å². The van der Waals surface area contributed by atoms with Crippen molar-refractivity contribution >= 4 is 28.2 Å². The molecule has 1 saturated heterocycles. The summed E-state index contributed by atoms with van der Waals surface area (Å²) in [5.74, 6) is 0.777. The lowest BCUT2D eigenvalue weighted by Crippen LogP contribution is -2.36. The fraction of sp³-hybridized carbons (Fsp3) is 0.200. The summed E-state index contributed by atoms with van der Waals surface area (Å²) in [7, 11) is 0. The quantitative estimate of drug-likeness (QED) is 0.799.